The third-order valence-corrected chi connectivity index (χ3v) is 4.02. The molecule has 3 nitrogen and oxygen atoms in total. The highest BCUT2D eigenvalue weighted by atomic mass is 16.3. The van der Waals surface area contributed by atoms with Crippen LogP contribution in [0.1, 0.15) is 36.0 Å². The summed E-state index contributed by atoms with van der Waals surface area (Å²) in [7, 11) is 0. The van der Waals surface area contributed by atoms with Gasteiger partial charge in [-0.15, -0.1) is 0 Å². The number of hydrogen-bond donors (Lipinski definition) is 1. The molecule has 2 rings (SSSR count). The Hall–Kier alpha value is -1.35. The van der Waals surface area contributed by atoms with Crippen molar-refractivity contribution in [3.63, 3.8) is 0 Å². The Morgan fingerprint density at radius 1 is 1.37 bits per heavy atom. The molecule has 0 radical (unpaired) electrons. The van der Waals surface area contributed by atoms with Crippen molar-refractivity contribution in [2.24, 2.45) is 0 Å². The Morgan fingerprint density at radius 3 is 2.68 bits per heavy atom. The Morgan fingerprint density at radius 2 is 2.11 bits per heavy atom. The van der Waals surface area contributed by atoms with Crippen LogP contribution in [0.15, 0.2) is 18.2 Å². The van der Waals surface area contributed by atoms with Crippen LogP contribution in [0.3, 0.4) is 0 Å². The molecule has 0 heterocycles. The number of aliphatic hydroxyl groups excluding tert-OH is 1. The predicted molar refractivity (Wildman–Crippen MR) is 76.1 cm³/mol. The molecular weight excluding hydrogens is 238 g/mol. The second-order valence-electron chi connectivity index (χ2n) is 5.50. The summed E-state index contributed by atoms with van der Waals surface area (Å²) in [4.78, 5) is 14.3. The smallest absolute Gasteiger partial charge is 0.227 e. The van der Waals surface area contributed by atoms with Crippen molar-refractivity contribution in [3.05, 3.63) is 34.9 Å². The topological polar surface area (TPSA) is 40.5 Å². The van der Waals surface area contributed by atoms with Crippen LogP contribution in [0.5, 0.6) is 0 Å². The normalized spacial score (nSPS) is 15.1. The first-order chi connectivity index (χ1) is 9.11. The van der Waals surface area contributed by atoms with Crippen molar-refractivity contribution in [1.29, 1.82) is 0 Å². The van der Waals surface area contributed by atoms with E-state index in [2.05, 4.69) is 18.2 Å². The minimum atomic E-state index is 0.0506. The van der Waals surface area contributed by atoms with Crippen LogP contribution >= 0.6 is 0 Å². The highest BCUT2D eigenvalue weighted by Gasteiger charge is 2.28. The molecule has 1 fully saturated rings. The number of aryl methyl sites for hydroxylation is 2. The van der Waals surface area contributed by atoms with Crippen LogP contribution < -0.4 is 0 Å². The summed E-state index contributed by atoms with van der Waals surface area (Å²) in [5.41, 5.74) is 3.45. The third kappa shape index (κ3) is 3.35. The highest BCUT2D eigenvalue weighted by molar-refractivity contribution is 5.79. The van der Waals surface area contributed by atoms with Gasteiger partial charge in [0.2, 0.25) is 5.91 Å². The van der Waals surface area contributed by atoms with Gasteiger partial charge in [-0.3, -0.25) is 4.79 Å². The summed E-state index contributed by atoms with van der Waals surface area (Å²) in [6.07, 6.45) is 3.81. The van der Waals surface area contributed by atoms with Gasteiger partial charge in [-0.05, 0) is 44.2 Å². The minimum absolute atomic E-state index is 0.0506. The molecule has 0 unspecified atom stereocenters. The summed E-state index contributed by atoms with van der Waals surface area (Å²) in [5.74, 6) is 0.146. The van der Waals surface area contributed by atoms with Crippen molar-refractivity contribution >= 4 is 5.91 Å². The lowest BCUT2D eigenvalue weighted by molar-refractivity contribution is -0.135. The Labute approximate surface area is 115 Å². The standard InChI is InChI=1S/C16H23NO2/c1-12-6-7-13(2)14(10-12)11-16(19)17(8-9-18)15-4-3-5-15/h6-7,10,15,18H,3-5,8-9,11H2,1-2H3. The Bertz CT molecular complexity index is 452. The molecule has 1 N–H and O–H groups in total. The number of carbonyl (C=O) groups excluding carboxylic acids is 1. The van der Waals surface area contributed by atoms with Crippen LogP contribution in [-0.4, -0.2) is 35.1 Å². The van der Waals surface area contributed by atoms with Gasteiger partial charge in [-0.2, -0.15) is 0 Å². The summed E-state index contributed by atoms with van der Waals surface area (Å²) in [6, 6.07) is 6.58. The van der Waals surface area contributed by atoms with Gasteiger partial charge in [0.15, 0.2) is 0 Å². The van der Waals surface area contributed by atoms with E-state index in [1.807, 2.05) is 18.7 Å². The van der Waals surface area contributed by atoms with E-state index < -0.39 is 0 Å². The lowest BCUT2D eigenvalue weighted by Crippen LogP contribution is -2.46. The van der Waals surface area contributed by atoms with Gasteiger partial charge in [0, 0.05) is 12.6 Å². The summed E-state index contributed by atoms with van der Waals surface area (Å²) < 4.78 is 0. The molecule has 0 saturated heterocycles. The first kappa shape index (κ1) is 14.1. The number of carbonyl (C=O) groups is 1. The van der Waals surface area contributed by atoms with Gasteiger partial charge < -0.3 is 10.0 Å². The van der Waals surface area contributed by atoms with E-state index >= 15 is 0 Å². The highest BCUT2D eigenvalue weighted by Crippen LogP contribution is 2.25. The number of rotatable bonds is 5. The Kier molecular flexibility index (Phi) is 4.59. The van der Waals surface area contributed by atoms with Crippen molar-refractivity contribution < 1.29 is 9.90 Å². The largest absolute Gasteiger partial charge is 0.395 e. The molecule has 1 aromatic carbocycles. The zero-order chi connectivity index (χ0) is 13.8. The average molecular weight is 261 g/mol. The van der Waals surface area contributed by atoms with Crippen molar-refractivity contribution in [2.45, 2.75) is 45.6 Å². The predicted octanol–water partition coefficient (Wildman–Crippen LogP) is 2.22. The van der Waals surface area contributed by atoms with Gasteiger partial charge in [-0.25, -0.2) is 0 Å². The van der Waals surface area contributed by atoms with Crippen LogP contribution in [0.2, 0.25) is 0 Å². The van der Waals surface area contributed by atoms with Crippen molar-refractivity contribution in [1.82, 2.24) is 4.90 Å². The molecule has 1 amide bonds. The molecule has 0 bridgehead atoms. The minimum Gasteiger partial charge on any atom is -0.395 e. The van der Waals surface area contributed by atoms with Crippen LogP contribution in [0.25, 0.3) is 0 Å². The summed E-state index contributed by atoms with van der Waals surface area (Å²) >= 11 is 0. The number of amides is 1. The van der Waals surface area contributed by atoms with Gasteiger partial charge in [0.25, 0.3) is 0 Å². The fourth-order valence-corrected chi connectivity index (χ4v) is 2.57. The molecule has 0 aliphatic heterocycles. The number of hydrogen-bond acceptors (Lipinski definition) is 2. The lowest BCUT2D eigenvalue weighted by Gasteiger charge is -2.37. The van der Waals surface area contributed by atoms with E-state index in [0.29, 0.717) is 19.0 Å². The van der Waals surface area contributed by atoms with Gasteiger partial charge in [0.1, 0.15) is 0 Å². The fraction of sp³-hybridized carbons (Fsp3) is 0.562. The molecule has 1 aliphatic rings. The summed E-state index contributed by atoms with van der Waals surface area (Å²) in [5, 5.41) is 9.12. The molecule has 0 aromatic heterocycles. The van der Waals surface area contributed by atoms with Crippen LogP contribution in [-0.2, 0) is 11.2 Å². The molecule has 1 aromatic rings. The monoisotopic (exact) mass is 261 g/mol. The van der Waals surface area contributed by atoms with Crippen LogP contribution in [0, 0.1) is 13.8 Å². The second kappa shape index (κ2) is 6.20. The van der Waals surface area contributed by atoms with Crippen molar-refractivity contribution in [3.8, 4) is 0 Å². The number of aliphatic hydroxyl groups is 1. The second-order valence-corrected chi connectivity index (χ2v) is 5.50. The van der Waals surface area contributed by atoms with Crippen LogP contribution in [0.4, 0.5) is 0 Å². The van der Waals surface area contributed by atoms with E-state index in [4.69, 9.17) is 5.11 Å². The van der Waals surface area contributed by atoms with Gasteiger partial charge in [-0.1, -0.05) is 23.8 Å². The molecule has 19 heavy (non-hydrogen) atoms. The Balaban J connectivity index is 2.07. The molecule has 1 aliphatic carbocycles. The molecule has 1 saturated carbocycles. The molecule has 0 atom stereocenters. The SMILES string of the molecule is Cc1ccc(C)c(CC(=O)N(CCO)C2CCC2)c1. The molecule has 3 heteroatoms. The maximum atomic E-state index is 12.4. The van der Waals surface area contributed by atoms with E-state index in [-0.39, 0.29) is 12.5 Å². The third-order valence-electron chi connectivity index (χ3n) is 4.02. The lowest BCUT2D eigenvalue weighted by atomic mass is 9.90. The van der Waals surface area contributed by atoms with E-state index in [1.54, 1.807) is 0 Å². The fourth-order valence-electron chi connectivity index (χ4n) is 2.57. The maximum absolute atomic E-state index is 12.4. The number of nitrogens with zero attached hydrogens (tertiary/aromatic N) is 1. The first-order valence-corrected chi connectivity index (χ1v) is 7.08. The average Bonchev–Trinajstić information content (AvgIpc) is 2.31. The van der Waals surface area contributed by atoms with E-state index in [9.17, 15) is 4.79 Å². The number of benzene rings is 1. The van der Waals surface area contributed by atoms with Crippen molar-refractivity contribution in [2.75, 3.05) is 13.2 Å². The molecular formula is C16H23NO2. The zero-order valence-corrected chi connectivity index (χ0v) is 11.9. The molecule has 104 valence electrons. The quantitative estimate of drug-likeness (QED) is 0.883. The maximum Gasteiger partial charge on any atom is 0.227 e. The van der Waals surface area contributed by atoms with E-state index in [0.717, 1.165) is 24.0 Å². The van der Waals surface area contributed by atoms with Gasteiger partial charge >= 0.3 is 0 Å². The molecule has 0 spiro atoms. The summed E-state index contributed by atoms with van der Waals surface area (Å²) in [6.45, 7) is 4.61. The zero-order valence-electron chi connectivity index (χ0n) is 11.9. The first-order valence-electron chi connectivity index (χ1n) is 7.08. The van der Waals surface area contributed by atoms with Gasteiger partial charge in [0.05, 0.1) is 13.0 Å². The van der Waals surface area contributed by atoms with E-state index in [1.165, 1.54) is 12.0 Å².